The van der Waals surface area contributed by atoms with Crippen molar-refractivity contribution in [2.75, 3.05) is 0 Å². The van der Waals surface area contributed by atoms with Gasteiger partial charge >= 0.3 is 5.97 Å². The Balaban J connectivity index is 5.00. The van der Waals surface area contributed by atoms with Crippen molar-refractivity contribution in [3.63, 3.8) is 0 Å². The molecule has 0 aliphatic heterocycles. The van der Waals surface area contributed by atoms with Crippen LogP contribution in [0.5, 0.6) is 0 Å². The molecule has 110 valence electrons. The van der Waals surface area contributed by atoms with Gasteiger partial charge in [0.25, 0.3) is 0 Å². The molecular formula is C12H19BN2O5. The van der Waals surface area contributed by atoms with Crippen LogP contribution in [0.2, 0.25) is 0 Å². The molecule has 0 aromatic rings. The Morgan fingerprint density at radius 1 is 1.40 bits per heavy atom. The molecular weight excluding hydrogens is 263 g/mol. The first kappa shape index (κ1) is 18.3. The third kappa shape index (κ3) is 5.96. The lowest BCUT2D eigenvalue weighted by molar-refractivity contribution is -0.154. The lowest BCUT2D eigenvalue weighted by atomic mass is 9.73. The molecule has 7 nitrogen and oxygen atoms in total. The summed E-state index contributed by atoms with van der Waals surface area (Å²) in [5.74, 6) is -2.29. The van der Waals surface area contributed by atoms with Gasteiger partial charge in [-0.1, -0.05) is 0 Å². The summed E-state index contributed by atoms with van der Waals surface area (Å²) in [6, 6.07) is 0. The van der Waals surface area contributed by atoms with E-state index in [0.717, 1.165) is 0 Å². The smallest absolute Gasteiger partial charge is 0.322 e. The third-order valence-electron chi connectivity index (χ3n) is 2.36. The molecule has 2 atom stereocenters. The summed E-state index contributed by atoms with van der Waals surface area (Å²) in [5.41, 5.74) is -1.92. The van der Waals surface area contributed by atoms with E-state index < -0.39 is 35.3 Å². The normalized spacial score (nSPS) is 15.1. The molecule has 20 heavy (non-hydrogen) atoms. The first-order valence-electron chi connectivity index (χ1n) is 6.15. The van der Waals surface area contributed by atoms with E-state index in [0.29, 0.717) is 6.21 Å². The average Bonchev–Trinajstić information content (AvgIpc) is 2.34. The number of hydrogen-bond acceptors (Lipinski definition) is 6. The number of hydrogen-bond donors (Lipinski definition) is 3. The number of aliphatic hydroxyl groups excluding tert-OH is 1. The fraction of sp³-hybridized carbons (Fsp3) is 0.667. The maximum atomic E-state index is 11.9. The average molecular weight is 282 g/mol. The fourth-order valence-corrected chi connectivity index (χ4v) is 1.25. The molecule has 1 amide bonds. The van der Waals surface area contributed by atoms with Crippen molar-refractivity contribution in [1.29, 1.82) is 5.41 Å². The number of Topliss-reactive ketones (excluding diaryl/α,β-unsaturated/α-hetero) is 1. The Bertz CT molecular complexity index is 397. The van der Waals surface area contributed by atoms with Gasteiger partial charge in [-0.05, 0) is 27.2 Å². The molecule has 0 fully saturated rings. The molecule has 0 saturated carbocycles. The number of aliphatic hydroxyl groups is 1. The van der Waals surface area contributed by atoms with Crippen molar-refractivity contribution in [2.24, 2.45) is 0 Å². The van der Waals surface area contributed by atoms with E-state index in [1.165, 1.54) is 6.92 Å². The first-order valence-corrected chi connectivity index (χ1v) is 6.15. The van der Waals surface area contributed by atoms with Gasteiger partial charge in [0.2, 0.25) is 5.91 Å². The van der Waals surface area contributed by atoms with Crippen molar-refractivity contribution in [3.05, 3.63) is 0 Å². The largest absolute Gasteiger partial charge is 0.462 e. The lowest BCUT2D eigenvalue weighted by Crippen LogP contribution is -2.58. The summed E-state index contributed by atoms with van der Waals surface area (Å²) in [4.78, 5) is 34.5. The zero-order valence-electron chi connectivity index (χ0n) is 11.8. The highest BCUT2D eigenvalue weighted by molar-refractivity contribution is 6.30. The van der Waals surface area contributed by atoms with Gasteiger partial charge in [0.1, 0.15) is 14.0 Å². The van der Waals surface area contributed by atoms with Crippen LogP contribution in [-0.4, -0.2) is 54.5 Å². The Morgan fingerprint density at radius 2 is 1.95 bits per heavy atom. The highest BCUT2D eigenvalue weighted by atomic mass is 16.5. The van der Waals surface area contributed by atoms with Gasteiger partial charge in [0.05, 0.1) is 17.8 Å². The molecule has 0 aliphatic rings. The van der Waals surface area contributed by atoms with Crippen molar-refractivity contribution in [3.8, 4) is 0 Å². The molecule has 0 aromatic carbocycles. The Morgan fingerprint density at radius 3 is 2.35 bits per heavy atom. The van der Waals surface area contributed by atoms with Crippen molar-refractivity contribution >= 4 is 31.7 Å². The minimum Gasteiger partial charge on any atom is -0.462 e. The van der Waals surface area contributed by atoms with E-state index in [-0.39, 0.29) is 12.8 Å². The predicted molar refractivity (Wildman–Crippen MR) is 72.6 cm³/mol. The number of rotatable bonds is 8. The number of carbonyl (C=O) groups is 3. The van der Waals surface area contributed by atoms with Crippen LogP contribution in [0.25, 0.3) is 0 Å². The molecule has 2 radical (unpaired) electrons. The maximum absolute atomic E-state index is 11.9. The van der Waals surface area contributed by atoms with Crippen LogP contribution in [0.4, 0.5) is 0 Å². The minimum absolute atomic E-state index is 0.201. The summed E-state index contributed by atoms with van der Waals surface area (Å²) in [7, 11) is 5.79. The standard InChI is InChI=1S/C12H19BN2O5/c1-7(2)20-11(19)12(13,5-4-9(17)6-14)15-10(18)8(3)16/h6-8,14,16H,4-5H2,1-3H3,(H,15,18)/t8-,12?/m0/s1. The van der Waals surface area contributed by atoms with Gasteiger partial charge in [0.15, 0.2) is 5.78 Å². The monoisotopic (exact) mass is 282 g/mol. The van der Waals surface area contributed by atoms with Gasteiger partial charge in [0, 0.05) is 6.42 Å². The molecule has 3 N–H and O–H groups in total. The van der Waals surface area contributed by atoms with Crippen LogP contribution in [0.1, 0.15) is 33.6 Å². The third-order valence-corrected chi connectivity index (χ3v) is 2.36. The molecule has 0 spiro atoms. The predicted octanol–water partition coefficient (Wildman–Crippen LogP) is -0.701. The fourth-order valence-electron chi connectivity index (χ4n) is 1.25. The molecule has 8 heteroatoms. The van der Waals surface area contributed by atoms with E-state index >= 15 is 0 Å². The van der Waals surface area contributed by atoms with Gasteiger partial charge in [-0.15, -0.1) is 0 Å². The van der Waals surface area contributed by atoms with Crippen LogP contribution < -0.4 is 5.32 Å². The molecule has 0 bridgehead atoms. The lowest BCUT2D eigenvalue weighted by Gasteiger charge is -2.30. The van der Waals surface area contributed by atoms with Crippen LogP contribution in [0.3, 0.4) is 0 Å². The van der Waals surface area contributed by atoms with Crippen LogP contribution >= 0.6 is 0 Å². The number of esters is 1. The molecule has 1 unspecified atom stereocenters. The van der Waals surface area contributed by atoms with Crippen LogP contribution in [0, 0.1) is 5.41 Å². The minimum atomic E-state index is -1.92. The number of ether oxygens (including phenoxy) is 1. The van der Waals surface area contributed by atoms with Gasteiger partial charge in [-0.25, -0.2) is 0 Å². The van der Waals surface area contributed by atoms with E-state index in [2.05, 4.69) is 5.32 Å². The highest BCUT2D eigenvalue weighted by Crippen LogP contribution is 2.13. The second-order valence-electron chi connectivity index (χ2n) is 4.70. The topological polar surface area (TPSA) is 117 Å². The summed E-state index contributed by atoms with van der Waals surface area (Å²) in [6.07, 6.45) is -1.64. The summed E-state index contributed by atoms with van der Waals surface area (Å²) in [5, 5.41) is 18.1. The van der Waals surface area contributed by atoms with E-state index in [9.17, 15) is 14.4 Å². The molecule has 0 heterocycles. The van der Waals surface area contributed by atoms with Gasteiger partial charge < -0.3 is 20.6 Å². The SMILES string of the molecule is [B]C(CCC(=O)C=N)(NC(=O)[C@H](C)O)C(=O)OC(C)C. The number of nitrogens with one attached hydrogen (secondary N) is 2. The van der Waals surface area contributed by atoms with E-state index in [4.69, 9.17) is 23.1 Å². The molecule has 0 saturated heterocycles. The van der Waals surface area contributed by atoms with Crippen molar-refractivity contribution in [1.82, 2.24) is 5.32 Å². The summed E-state index contributed by atoms with van der Waals surface area (Å²) in [6.45, 7) is 4.43. The number of ketones is 1. The van der Waals surface area contributed by atoms with E-state index in [1.54, 1.807) is 13.8 Å². The molecule has 0 aliphatic carbocycles. The zero-order chi connectivity index (χ0) is 15.9. The second-order valence-corrected chi connectivity index (χ2v) is 4.70. The quantitative estimate of drug-likeness (QED) is 0.309. The molecule has 0 aromatic heterocycles. The Hall–Kier alpha value is -1.70. The zero-order valence-corrected chi connectivity index (χ0v) is 11.8. The molecule has 0 rings (SSSR count). The first-order chi connectivity index (χ1) is 9.12. The number of carbonyl (C=O) groups excluding carboxylic acids is 3. The Kier molecular flexibility index (Phi) is 7.13. The number of amides is 1. The van der Waals surface area contributed by atoms with Crippen molar-refractivity contribution in [2.45, 2.75) is 51.3 Å². The van der Waals surface area contributed by atoms with Gasteiger partial charge in [-0.3, -0.25) is 14.4 Å². The highest BCUT2D eigenvalue weighted by Gasteiger charge is 2.37. The summed E-state index contributed by atoms with van der Waals surface area (Å²) >= 11 is 0. The Labute approximate surface area is 119 Å². The van der Waals surface area contributed by atoms with Crippen LogP contribution in [-0.2, 0) is 19.1 Å². The van der Waals surface area contributed by atoms with E-state index in [1.807, 2.05) is 0 Å². The van der Waals surface area contributed by atoms with Crippen LogP contribution in [0.15, 0.2) is 0 Å². The maximum Gasteiger partial charge on any atom is 0.322 e. The van der Waals surface area contributed by atoms with Crippen molar-refractivity contribution < 1.29 is 24.2 Å². The van der Waals surface area contributed by atoms with Gasteiger partial charge in [-0.2, -0.15) is 0 Å². The second kappa shape index (κ2) is 7.79. The summed E-state index contributed by atoms with van der Waals surface area (Å²) < 4.78 is 4.93.